The molecule has 2 aromatic rings. The number of aryl methyl sites for hydroxylation is 1. The van der Waals surface area contributed by atoms with Crippen LogP contribution in [0.4, 0.5) is 0 Å². The number of pyridine rings is 1. The van der Waals surface area contributed by atoms with Gasteiger partial charge in [0, 0.05) is 17.6 Å². The number of ether oxygens (including phenoxy) is 1. The fourth-order valence-electron chi connectivity index (χ4n) is 2.30. The molecule has 0 bridgehead atoms. The van der Waals surface area contributed by atoms with Crippen molar-refractivity contribution in [3.05, 3.63) is 41.5 Å². The maximum atomic E-state index is 12.5. The van der Waals surface area contributed by atoms with Gasteiger partial charge in [-0.2, -0.15) is 4.31 Å². The smallest absolute Gasteiger partial charge is 0.252 e. The van der Waals surface area contributed by atoms with Crippen molar-refractivity contribution in [2.75, 3.05) is 13.1 Å². The molecule has 112 valence electrons. The highest BCUT2D eigenvalue weighted by Gasteiger charge is 2.34. The summed E-state index contributed by atoms with van der Waals surface area (Å²) in [7, 11) is -3.39. The van der Waals surface area contributed by atoms with E-state index in [1.807, 2.05) is 19.1 Å². The maximum Gasteiger partial charge on any atom is 0.252 e. The number of aromatic nitrogens is 1. The van der Waals surface area contributed by atoms with Gasteiger partial charge >= 0.3 is 0 Å². The van der Waals surface area contributed by atoms with Gasteiger partial charge in [-0.1, -0.05) is 0 Å². The Morgan fingerprint density at radius 1 is 1.38 bits per heavy atom. The molecule has 1 aliphatic heterocycles. The van der Waals surface area contributed by atoms with Gasteiger partial charge in [0.05, 0.1) is 12.7 Å². The van der Waals surface area contributed by atoms with Crippen LogP contribution in [0.5, 0.6) is 5.75 Å². The van der Waals surface area contributed by atoms with E-state index in [4.69, 9.17) is 4.74 Å². The molecule has 0 spiro atoms. The highest BCUT2D eigenvalue weighted by atomic mass is 32.2. The fourth-order valence-corrected chi connectivity index (χ4v) is 5.22. The molecule has 0 aliphatic carbocycles. The topological polar surface area (TPSA) is 59.5 Å². The van der Waals surface area contributed by atoms with Gasteiger partial charge in [0.25, 0.3) is 10.0 Å². The van der Waals surface area contributed by atoms with Gasteiger partial charge in [-0.05, 0) is 37.6 Å². The van der Waals surface area contributed by atoms with Crippen LogP contribution in [0.1, 0.15) is 11.3 Å². The van der Waals surface area contributed by atoms with Crippen molar-refractivity contribution in [1.29, 1.82) is 0 Å². The van der Waals surface area contributed by atoms with E-state index in [2.05, 4.69) is 4.98 Å². The van der Waals surface area contributed by atoms with Crippen LogP contribution in [0.3, 0.4) is 0 Å². The fraction of sp³-hybridized carbons (Fsp3) is 0.357. The molecule has 0 radical (unpaired) electrons. The molecule has 0 amide bonds. The molecule has 1 atom stereocenters. The van der Waals surface area contributed by atoms with Crippen LogP contribution in [0.2, 0.25) is 0 Å². The minimum absolute atomic E-state index is 0.120. The second kappa shape index (κ2) is 5.75. The molecule has 5 nitrogen and oxygen atoms in total. The number of nitrogens with zero attached hydrogens (tertiary/aromatic N) is 2. The number of thiophene rings is 1. The molecule has 2 aromatic heterocycles. The third-order valence-corrected chi connectivity index (χ3v) is 6.69. The highest BCUT2D eigenvalue weighted by Crippen LogP contribution is 2.28. The summed E-state index contributed by atoms with van der Waals surface area (Å²) in [6.07, 6.45) is 3.89. The molecule has 0 aromatic carbocycles. The largest absolute Gasteiger partial charge is 0.487 e. The average molecular weight is 324 g/mol. The van der Waals surface area contributed by atoms with E-state index >= 15 is 0 Å². The van der Waals surface area contributed by atoms with Gasteiger partial charge in [-0.3, -0.25) is 4.98 Å². The Morgan fingerprint density at radius 2 is 2.24 bits per heavy atom. The standard InChI is InChI=1S/C14H16N2O3S2/c1-11-4-5-14(20-11)21(17,18)16-8-6-13(10-16)19-12-3-2-7-15-9-12/h2-5,7,9,13H,6,8,10H2,1H3/t13-/m0/s1. The van der Waals surface area contributed by atoms with Crippen LogP contribution >= 0.6 is 11.3 Å². The Kier molecular flexibility index (Phi) is 3.97. The van der Waals surface area contributed by atoms with Gasteiger partial charge in [0.2, 0.25) is 0 Å². The predicted octanol–water partition coefficient (Wildman–Crippen LogP) is 2.29. The zero-order valence-electron chi connectivity index (χ0n) is 11.6. The van der Waals surface area contributed by atoms with Crippen molar-refractivity contribution in [2.24, 2.45) is 0 Å². The van der Waals surface area contributed by atoms with Crippen LogP contribution in [-0.4, -0.2) is 36.9 Å². The summed E-state index contributed by atoms with van der Waals surface area (Å²) in [5, 5.41) is 0. The lowest BCUT2D eigenvalue weighted by Crippen LogP contribution is -2.30. The SMILES string of the molecule is Cc1ccc(S(=O)(=O)N2CC[C@H](Oc3cccnc3)C2)s1. The third kappa shape index (κ3) is 3.09. The van der Waals surface area contributed by atoms with Crippen molar-refractivity contribution < 1.29 is 13.2 Å². The number of hydrogen-bond donors (Lipinski definition) is 0. The number of rotatable bonds is 4. The van der Waals surface area contributed by atoms with E-state index in [0.717, 1.165) is 4.88 Å². The van der Waals surface area contributed by atoms with Crippen molar-refractivity contribution in [3.63, 3.8) is 0 Å². The molecular formula is C14H16N2O3S2. The minimum Gasteiger partial charge on any atom is -0.487 e. The summed E-state index contributed by atoms with van der Waals surface area (Å²) in [5.41, 5.74) is 0. The second-order valence-corrected chi connectivity index (χ2v) is 8.40. The average Bonchev–Trinajstić information content (AvgIpc) is 3.10. The quantitative estimate of drug-likeness (QED) is 0.866. The normalized spacial score (nSPS) is 19.8. The Balaban J connectivity index is 1.69. The molecule has 0 unspecified atom stereocenters. The first-order chi connectivity index (χ1) is 10.1. The zero-order chi connectivity index (χ0) is 14.9. The lowest BCUT2D eigenvalue weighted by Gasteiger charge is -2.16. The minimum atomic E-state index is -3.39. The first-order valence-corrected chi connectivity index (χ1v) is 8.94. The van der Waals surface area contributed by atoms with E-state index in [1.165, 1.54) is 15.6 Å². The first-order valence-electron chi connectivity index (χ1n) is 6.69. The molecule has 3 heterocycles. The van der Waals surface area contributed by atoms with E-state index < -0.39 is 10.0 Å². The van der Waals surface area contributed by atoms with Crippen molar-refractivity contribution >= 4 is 21.4 Å². The van der Waals surface area contributed by atoms with Crippen LogP contribution in [-0.2, 0) is 10.0 Å². The van der Waals surface area contributed by atoms with E-state index in [9.17, 15) is 8.42 Å². The van der Waals surface area contributed by atoms with Gasteiger partial charge in [-0.15, -0.1) is 11.3 Å². The highest BCUT2D eigenvalue weighted by molar-refractivity contribution is 7.91. The molecule has 1 fully saturated rings. The molecule has 21 heavy (non-hydrogen) atoms. The van der Waals surface area contributed by atoms with Crippen molar-refractivity contribution in [3.8, 4) is 5.75 Å². The Hall–Kier alpha value is -1.44. The van der Waals surface area contributed by atoms with Crippen LogP contribution < -0.4 is 4.74 Å². The predicted molar refractivity (Wildman–Crippen MR) is 81.1 cm³/mol. The maximum absolute atomic E-state index is 12.5. The zero-order valence-corrected chi connectivity index (χ0v) is 13.2. The van der Waals surface area contributed by atoms with E-state index in [-0.39, 0.29) is 6.10 Å². The van der Waals surface area contributed by atoms with Crippen molar-refractivity contribution in [1.82, 2.24) is 9.29 Å². The Morgan fingerprint density at radius 3 is 2.90 bits per heavy atom. The number of hydrogen-bond acceptors (Lipinski definition) is 5. The molecule has 1 saturated heterocycles. The lowest BCUT2D eigenvalue weighted by atomic mass is 10.3. The molecule has 3 rings (SSSR count). The molecular weight excluding hydrogens is 308 g/mol. The molecule has 0 saturated carbocycles. The summed E-state index contributed by atoms with van der Waals surface area (Å²) in [6.45, 7) is 2.78. The first kappa shape index (κ1) is 14.5. The van der Waals surface area contributed by atoms with Crippen LogP contribution in [0.15, 0.2) is 40.9 Å². The van der Waals surface area contributed by atoms with Gasteiger partial charge in [0.1, 0.15) is 16.1 Å². The van der Waals surface area contributed by atoms with Crippen LogP contribution in [0, 0.1) is 6.92 Å². The van der Waals surface area contributed by atoms with Crippen molar-refractivity contribution in [2.45, 2.75) is 23.7 Å². The summed E-state index contributed by atoms with van der Waals surface area (Å²) in [4.78, 5) is 4.99. The summed E-state index contributed by atoms with van der Waals surface area (Å²) < 4.78 is 32.7. The van der Waals surface area contributed by atoms with Gasteiger partial charge < -0.3 is 4.74 Å². The van der Waals surface area contributed by atoms with Gasteiger partial charge in [-0.25, -0.2) is 8.42 Å². The molecule has 0 N–H and O–H groups in total. The Bertz CT molecular complexity index is 713. The molecule has 1 aliphatic rings. The number of sulfonamides is 1. The summed E-state index contributed by atoms with van der Waals surface area (Å²) >= 11 is 1.31. The summed E-state index contributed by atoms with van der Waals surface area (Å²) in [5.74, 6) is 0.675. The van der Waals surface area contributed by atoms with E-state index in [0.29, 0.717) is 29.5 Å². The van der Waals surface area contributed by atoms with Gasteiger partial charge in [0.15, 0.2) is 0 Å². The summed E-state index contributed by atoms with van der Waals surface area (Å²) in [6, 6.07) is 7.13. The Labute approximate surface area is 128 Å². The third-order valence-electron chi connectivity index (χ3n) is 3.35. The van der Waals surface area contributed by atoms with E-state index in [1.54, 1.807) is 24.5 Å². The second-order valence-electron chi connectivity index (χ2n) is 4.95. The molecule has 7 heteroatoms. The van der Waals surface area contributed by atoms with Crippen LogP contribution in [0.25, 0.3) is 0 Å². The monoisotopic (exact) mass is 324 g/mol. The lowest BCUT2D eigenvalue weighted by molar-refractivity contribution is 0.215.